The molecule has 0 bridgehead atoms. The minimum absolute atomic E-state index is 0.125. The van der Waals surface area contributed by atoms with Crippen molar-refractivity contribution in [1.82, 2.24) is 24.8 Å². The number of aryl methyl sites for hydroxylation is 1. The molecule has 182 valence electrons. The number of nitrogens with one attached hydrogen (secondary N) is 1. The molecule has 3 aromatic heterocycles. The Morgan fingerprint density at radius 2 is 1.75 bits per heavy atom. The third-order valence-electron chi connectivity index (χ3n) is 6.60. The van der Waals surface area contributed by atoms with E-state index in [0.717, 1.165) is 34.0 Å². The Kier molecular flexibility index (Phi) is 6.52. The Labute approximate surface area is 215 Å². The lowest BCUT2D eigenvalue weighted by molar-refractivity contribution is 0.0600. The first-order valence-electron chi connectivity index (χ1n) is 11.7. The van der Waals surface area contributed by atoms with E-state index in [1.807, 2.05) is 61.5 Å². The summed E-state index contributed by atoms with van der Waals surface area (Å²) in [6.07, 6.45) is 3.59. The fraction of sp³-hybridized carbons (Fsp3) is 0.214. The summed E-state index contributed by atoms with van der Waals surface area (Å²) in [6.45, 7) is 4.68. The summed E-state index contributed by atoms with van der Waals surface area (Å²) in [4.78, 5) is 23.9. The highest BCUT2D eigenvalue weighted by molar-refractivity contribution is 7.80. The number of thiocarbonyl (C=S) groups is 1. The molecule has 36 heavy (non-hydrogen) atoms. The standard InChI is InChI=1S/C28H27N5O2S/c1-18-16-22(19(2)33(18)24-13-5-4-11-21(24)27(34)35-3)26-25(23-12-7-9-15-30-23)31-28(36)32(26)17-20-10-6-8-14-29-20/h4-16,25-26H,17H2,1-3H3,(H,31,36)/t25-,26-/m0/s1. The van der Waals surface area contributed by atoms with E-state index in [9.17, 15) is 4.79 Å². The number of methoxy groups -OCH3 is 1. The molecule has 0 radical (unpaired) electrons. The Morgan fingerprint density at radius 1 is 1.03 bits per heavy atom. The molecule has 1 aliphatic heterocycles. The molecule has 4 aromatic rings. The zero-order valence-electron chi connectivity index (χ0n) is 20.4. The maximum absolute atomic E-state index is 12.5. The van der Waals surface area contributed by atoms with Crippen molar-refractivity contribution in [1.29, 1.82) is 0 Å². The van der Waals surface area contributed by atoms with Crippen molar-refractivity contribution in [2.75, 3.05) is 7.11 Å². The lowest BCUT2D eigenvalue weighted by Gasteiger charge is -2.28. The second kappa shape index (κ2) is 9.91. The van der Waals surface area contributed by atoms with Crippen LogP contribution in [0.3, 0.4) is 0 Å². The summed E-state index contributed by atoms with van der Waals surface area (Å²) in [7, 11) is 1.40. The van der Waals surface area contributed by atoms with Gasteiger partial charge in [-0.05, 0) is 74.1 Å². The van der Waals surface area contributed by atoms with E-state index in [1.54, 1.807) is 18.5 Å². The number of pyridine rings is 2. The Balaban J connectivity index is 1.64. The number of carbonyl (C=O) groups excluding carboxylic acids is 1. The van der Waals surface area contributed by atoms with Crippen molar-refractivity contribution >= 4 is 23.3 Å². The van der Waals surface area contributed by atoms with Crippen molar-refractivity contribution < 1.29 is 9.53 Å². The monoisotopic (exact) mass is 497 g/mol. The van der Waals surface area contributed by atoms with Gasteiger partial charge in [-0.1, -0.05) is 24.3 Å². The molecule has 5 rings (SSSR count). The summed E-state index contributed by atoms with van der Waals surface area (Å²) in [5.41, 5.74) is 6.27. The second-order valence-corrected chi connectivity index (χ2v) is 9.13. The van der Waals surface area contributed by atoms with Gasteiger partial charge < -0.3 is 19.5 Å². The van der Waals surface area contributed by atoms with Gasteiger partial charge in [-0.15, -0.1) is 0 Å². The molecular formula is C28H27N5O2S. The van der Waals surface area contributed by atoms with E-state index in [-0.39, 0.29) is 18.1 Å². The fourth-order valence-corrected chi connectivity index (χ4v) is 5.29. The normalized spacial score (nSPS) is 17.2. The molecule has 4 heterocycles. The third-order valence-corrected chi connectivity index (χ3v) is 6.95. The second-order valence-electron chi connectivity index (χ2n) is 8.75. The van der Waals surface area contributed by atoms with Crippen molar-refractivity contribution in [3.8, 4) is 5.69 Å². The molecule has 0 aliphatic carbocycles. The highest BCUT2D eigenvalue weighted by Gasteiger charge is 2.41. The molecule has 2 atom stereocenters. The van der Waals surface area contributed by atoms with Gasteiger partial charge in [0.2, 0.25) is 0 Å². The number of rotatable bonds is 6. The number of esters is 1. The minimum Gasteiger partial charge on any atom is -0.465 e. The van der Waals surface area contributed by atoms with Crippen molar-refractivity contribution in [3.05, 3.63) is 113 Å². The summed E-state index contributed by atoms with van der Waals surface area (Å²) in [6, 6.07) is 21.2. The van der Waals surface area contributed by atoms with E-state index in [4.69, 9.17) is 17.0 Å². The van der Waals surface area contributed by atoms with Gasteiger partial charge in [-0.2, -0.15) is 0 Å². The van der Waals surface area contributed by atoms with Crippen LogP contribution >= 0.6 is 12.2 Å². The van der Waals surface area contributed by atoms with E-state index in [1.165, 1.54) is 7.11 Å². The molecule has 0 amide bonds. The molecule has 1 fully saturated rings. The van der Waals surface area contributed by atoms with Crippen molar-refractivity contribution in [2.24, 2.45) is 0 Å². The number of hydrogen-bond acceptors (Lipinski definition) is 5. The fourth-order valence-electron chi connectivity index (χ4n) is 4.99. The summed E-state index contributed by atoms with van der Waals surface area (Å²) in [5, 5.41) is 4.16. The first kappa shape index (κ1) is 23.7. The number of carbonyl (C=O) groups is 1. The topological polar surface area (TPSA) is 72.3 Å². The van der Waals surface area contributed by atoms with Gasteiger partial charge in [-0.25, -0.2) is 4.79 Å². The van der Waals surface area contributed by atoms with Gasteiger partial charge in [0.15, 0.2) is 5.11 Å². The summed E-state index contributed by atoms with van der Waals surface area (Å²) < 4.78 is 7.16. The van der Waals surface area contributed by atoms with Gasteiger partial charge in [-0.3, -0.25) is 9.97 Å². The molecule has 1 aliphatic rings. The maximum atomic E-state index is 12.5. The van der Waals surface area contributed by atoms with Gasteiger partial charge >= 0.3 is 5.97 Å². The van der Waals surface area contributed by atoms with Crippen LogP contribution in [0.15, 0.2) is 79.1 Å². The Hall–Kier alpha value is -4.04. The van der Waals surface area contributed by atoms with Crippen LogP contribution in [0.4, 0.5) is 0 Å². The smallest absolute Gasteiger partial charge is 0.339 e. The average Bonchev–Trinajstić information content (AvgIpc) is 3.39. The summed E-state index contributed by atoms with van der Waals surface area (Å²) >= 11 is 5.83. The Morgan fingerprint density at radius 3 is 2.44 bits per heavy atom. The molecule has 1 saturated heterocycles. The highest BCUT2D eigenvalue weighted by Crippen LogP contribution is 2.42. The van der Waals surface area contributed by atoms with Crippen LogP contribution < -0.4 is 5.32 Å². The van der Waals surface area contributed by atoms with Crippen LogP contribution in [-0.2, 0) is 11.3 Å². The zero-order valence-corrected chi connectivity index (χ0v) is 21.2. The van der Waals surface area contributed by atoms with E-state index in [0.29, 0.717) is 17.2 Å². The van der Waals surface area contributed by atoms with Crippen LogP contribution in [0.1, 0.15) is 50.8 Å². The zero-order chi connectivity index (χ0) is 25.2. The molecular weight excluding hydrogens is 470 g/mol. The lowest BCUT2D eigenvalue weighted by atomic mass is 9.96. The Bertz CT molecular complexity index is 1400. The SMILES string of the molecule is COC(=O)c1ccccc1-n1c(C)cc([C@H]2[C@H](c3ccccn3)NC(=S)N2Cc2ccccn2)c1C. The predicted octanol–water partition coefficient (Wildman–Crippen LogP) is 4.84. The first-order chi connectivity index (χ1) is 17.5. The van der Waals surface area contributed by atoms with Gasteiger partial charge in [0.05, 0.1) is 48.4 Å². The van der Waals surface area contributed by atoms with Crippen LogP contribution in [0.25, 0.3) is 5.69 Å². The summed E-state index contributed by atoms with van der Waals surface area (Å²) in [5.74, 6) is -0.369. The van der Waals surface area contributed by atoms with Crippen LogP contribution in [0.2, 0.25) is 0 Å². The number of benzene rings is 1. The van der Waals surface area contributed by atoms with E-state index in [2.05, 4.69) is 37.7 Å². The van der Waals surface area contributed by atoms with Crippen LogP contribution in [-0.4, -0.2) is 37.6 Å². The maximum Gasteiger partial charge on any atom is 0.339 e. The number of nitrogens with zero attached hydrogens (tertiary/aromatic N) is 4. The van der Waals surface area contributed by atoms with Gasteiger partial charge in [0.25, 0.3) is 0 Å². The molecule has 1 N–H and O–H groups in total. The molecule has 8 heteroatoms. The van der Waals surface area contributed by atoms with E-state index < -0.39 is 0 Å². The average molecular weight is 498 g/mol. The molecule has 0 saturated carbocycles. The predicted molar refractivity (Wildman–Crippen MR) is 142 cm³/mol. The molecule has 7 nitrogen and oxygen atoms in total. The molecule has 0 unspecified atom stereocenters. The minimum atomic E-state index is -0.369. The largest absolute Gasteiger partial charge is 0.465 e. The third kappa shape index (κ3) is 4.24. The number of ether oxygens (including phenoxy) is 1. The lowest BCUT2D eigenvalue weighted by Crippen LogP contribution is -2.29. The van der Waals surface area contributed by atoms with Crippen LogP contribution in [0, 0.1) is 13.8 Å². The quantitative estimate of drug-likeness (QED) is 0.302. The highest BCUT2D eigenvalue weighted by atomic mass is 32.1. The van der Waals surface area contributed by atoms with Crippen LogP contribution in [0.5, 0.6) is 0 Å². The molecule has 1 aromatic carbocycles. The number of para-hydroxylation sites is 1. The molecule has 0 spiro atoms. The van der Waals surface area contributed by atoms with Gasteiger partial charge in [0.1, 0.15) is 0 Å². The van der Waals surface area contributed by atoms with E-state index >= 15 is 0 Å². The van der Waals surface area contributed by atoms with Crippen molar-refractivity contribution in [3.63, 3.8) is 0 Å². The van der Waals surface area contributed by atoms with Crippen molar-refractivity contribution in [2.45, 2.75) is 32.5 Å². The first-order valence-corrected chi connectivity index (χ1v) is 12.1. The number of aromatic nitrogens is 3. The number of hydrogen-bond donors (Lipinski definition) is 1. The van der Waals surface area contributed by atoms with Gasteiger partial charge in [0, 0.05) is 23.8 Å².